The molecule has 2 aromatic rings. The average molecular weight is 321 g/mol. The fourth-order valence-electron chi connectivity index (χ4n) is 1.85. The predicted molar refractivity (Wildman–Crippen MR) is 68.0 cm³/mol. The highest BCUT2D eigenvalue weighted by atomic mass is 19.4. The third-order valence-corrected chi connectivity index (χ3v) is 2.76. The van der Waals surface area contributed by atoms with Crippen LogP contribution in [0.25, 0.3) is 11.1 Å². The van der Waals surface area contributed by atoms with Crippen LogP contribution in [0, 0.1) is 0 Å². The maximum absolute atomic E-state index is 12.8. The van der Waals surface area contributed by atoms with Gasteiger partial charge in [0, 0.05) is 5.69 Å². The summed E-state index contributed by atoms with van der Waals surface area (Å²) in [5, 5.41) is 0. The summed E-state index contributed by atoms with van der Waals surface area (Å²) in [6.45, 7) is 0. The van der Waals surface area contributed by atoms with Crippen molar-refractivity contribution in [2.45, 2.75) is 12.5 Å². The molecule has 2 nitrogen and oxygen atoms in total. The molecule has 0 aliphatic heterocycles. The fraction of sp³-hybridized carbons (Fsp3) is 0.143. The minimum atomic E-state index is -4.88. The quantitative estimate of drug-likeness (QED) is 0.634. The van der Waals surface area contributed by atoms with Crippen molar-refractivity contribution in [2.24, 2.45) is 0 Å². The molecule has 22 heavy (non-hydrogen) atoms. The number of hydrogen-bond acceptors (Lipinski definition) is 2. The van der Waals surface area contributed by atoms with E-state index in [9.17, 15) is 26.3 Å². The zero-order valence-corrected chi connectivity index (χ0v) is 10.8. The highest BCUT2D eigenvalue weighted by molar-refractivity contribution is 5.69. The molecule has 0 amide bonds. The molecular weight excluding hydrogens is 312 g/mol. The minimum absolute atomic E-state index is 0.0779. The molecule has 118 valence electrons. The van der Waals surface area contributed by atoms with E-state index in [-0.39, 0.29) is 11.1 Å². The third-order valence-electron chi connectivity index (χ3n) is 2.76. The van der Waals surface area contributed by atoms with E-state index >= 15 is 0 Å². The molecule has 0 atom stereocenters. The highest BCUT2D eigenvalue weighted by Crippen LogP contribution is 2.37. The highest BCUT2D eigenvalue weighted by Gasteiger charge is 2.33. The van der Waals surface area contributed by atoms with E-state index in [2.05, 4.69) is 4.74 Å². The monoisotopic (exact) mass is 321 g/mol. The fourth-order valence-corrected chi connectivity index (χ4v) is 1.85. The van der Waals surface area contributed by atoms with Gasteiger partial charge >= 0.3 is 12.5 Å². The molecule has 0 saturated carbocycles. The average Bonchev–Trinajstić information content (AvgIpc) is 2.36. The zero-order valence-electron chi connectivity index (χ0n) is 10.8. The van der Waals surface area contributed by atoms with Crippen LogP contribution in [0.15, 0.2) is 42.5 Å². The summed E-state index contributed by atoms with van der Waals surface area (Å²) < 4.78 is 78.6. The van der Waals surface area contributed by atoms with Crippen LogP contribution in [-0.4, -0.2) is 6.36 Å². The van der Waals surface area contributed by atoms with Crippen molar-refractivity contribution in [3.63, 3.8) is 0 Å². The Kier molecular flexibility index (Phi) is 3.95. The van der Waals surface area contributed by atoms with Crippen molar-refractivity contribution in [1.29, 1.82) is 0 Å². The third kappa shape index (κ3) is 3.84. The lowest BCUT2D eigenvalue weighted by atomic mass is 10.0. The van der Waals surface area contributed by atoms with Gasteiger partial charge in [-0.1, -0.05) is 18.2 Å². The van der Waals surface area contributed by atoms with Crippen LogP contribution in [-0.2, 0) is 6.18 Å². The molecule has 0 aliphatic rings. The van der Waals surface area contributed by atoms with E-state index in [1.54, 1.807) is 0 Å². The van der Waals surface area contributed by atoms with Crippen LogP contribution in [0.4, 0.5) is 32.0 Å². The van der Waals surface area contributed by atoms with Crippen molar-refractivity contribution in [3.8, 4) is 16.9 Å². The van der Waals surface area contributed by atoms with Gasteiger partial charge in [0.05, 0.1) is 5.56 Å². The van der Waals surface area contributed by atoms with E-state index in [4.69, 9.17) is 5.73 Å². The van der Waals surface area contributed by atoms with Gasteiger partial charge in [0.2, 0.25) is 0 Å². The molecule has 2 aromatic carbocycles. The van der Waals surface area contributed by atoms with Gasteiger partial charge in [0.15, 0.2) is 0 Å². The standard InChI is InChI=1S/C14H9F6NO/c15-13(16,17)11-7-9(4-5-12(11)21)8-2-1-3-10(6-8)22-14(18,19)20/h1-7H,21H2. The van der Waals surface area contributed by atoms with E-state index < -0.39 is 29.5 Å². The van der Waals surface area contributed by atoms with E-state index in [0.29, 0.717) is 0 Å². The number of hydrogen-bond donors (Lipinski definition) is 1. The Morgan fingerprint density at radius 1 is 0.818 bits per heavy atom. The number of ether oxygens (including phenoxy) is 1. The van der Waals surface area contributed by atoms with Crippen LogP contribution in [0.3, 0.4) is 0 Å². The van der Waals surface area contributed by atoms with Gasteiger partial charge in [-0.05, 0) is 35.4 Å². The van der Waals surface area contributed by atoms with Crippen LogP contribution in [0.2, 0.25) is 0 Å². The normalized spacial score (nSPS) is 12.3. The molecule has 0 aliphatic carbocycles. The number of nitrogens with two attached hydrogens (primary N) is 1. The van der Waals surface area contributed by atoms with Gasteiger partial charge in [0.25, 0.3) is 0 Å². The molecule has 0 radical (unpaired) electrons. The van der Waals surface area contributed by atoms with E-state index in [1.165, 1.54) is 18.2 Å². The number of rotatable bonds is 2. The summed E-state index contributed by atoms with van der Waals surface area (Å²) in [6, 6.07) is 7.79. The van der Waals surface area contributed by atoms with Gasteiger partial charge in [-0.3, -0.25) is 0 Å². The number of nitrogen functional groups attached to an aromatic ring is 1. The first kappa shape index (κ1) is 16.0. The van der Waals surface area contributed by atoms with E-state index in [0.717, 1.165) is 24.3 Å². The first-order valence-corrected chi connectivity index (χ1v) is 5.89. The smallest absolute Gasteiger partial charge is 0.406 e. The molecular formula is C14H9F6NO. The summed E-state index contributed by atoms with van der Waals surface area (Å²) in [6.07, 6.45) is -9.53. The van der Waals surface area contributed by atoms with Gasteiger partial charge in [0.1, 0.15) is 5.75 Å². The molecule has 0 fully saturated rings. The Balaban J connectivity index is 2.43. The number of alkyl halides is 6. The molecule has 0 aromatic heterocycles. The van der Waals surface area contributed by atoms with Crippen molar-refractivity contribution in [2.75, 3.05) is 5.73 Å². The number of halogens is 6. The molecule has 0 saturated heterocycles. The van der Waals surface area contributed by atoms with Crippen molar-refractivity contribution < 1.29 is 31.1 Å². The Bertz CT molecular complexity index is 678. The summed E-state index contributed by atoms with van der Waals surface area (Å²) >= 11 is 0. The topological polar surface area (TPSA) is 35.2 Å². The minimum Gasteiger partial charge on any atom is -0.406 e. The first-order chi connectivity index (χ1) is 10.1. The van der Waals surface area contributed by atoms with Gasteiger partial charge < -0.3 is 10.5 Å². The second-order valence-corrected chi connectivity index (χ2v) is 4.38. The molecule has 0 unspecified atom stereocenters. The summed E-state index contributed by atoms with van der Waals surface area (Å²) in [5.41, 5.74) is 3.99. The second kappa shape index (κ2) is 5.43. The summed E-state index contributed by atoms with van der Waals surface area (Å²) in [4.78, 5) is 0. The maximum atomic E-state index is 12.8. The molecule has 0 heterocycles. The van der Waals surface area contributed by atoms with Crippen LogP contribution >= 0.6 is 0 Å². The molecule has 2 N–H and O–H groups in total. The second-order valence-electron chi connectivity index (χ2n) is 4.38. The van der Waals surface area contributed by atoms with Crippen LogP contribution in [0.5, 0.6) is 5.75 Å². The van der Waals surface area contributed by atoms with Crippen LogP contribution < -0.4 is 10.5 Å². The van der Waals surface area contributed by atoms with Crippen LogP contribution in [0.1, 0.15) is 5.56 Å². The number of benzene rings is 2. The van der Waals surface area contributed by atoms with Gasteiger partial charge in [-0.25, -0.2) is 0 Å². The molecule has 0 spiro atoms. The lowest BCUT2D eigenvalue weighted by Crippen LogP contribution is -2.17. The Labute approximate surface area is 121 Å². The van der Waals surface area contributed by atoms with Crippen molar-refractivity contribution in [3.05, 3.63) is 48.0 Å². The predicted octanol–water partition coefficient (Wildman–Crippen LogP) is 4.85. The lowest BCUT2D eigenvalue weighted by Gasteiger charge is -2.13. The van der Waals surface area contributed by atoms with Gasteiger partial charge in [-0.2, -0.15) is 13.2 Å². The van der Waals surface area contributed by atoms with Crippen molar-refractivity contribution >= 4 is 5.69 Å². The number of anilines is 1. The molecule has 0 bridgehead atoms. The largest absolute Gasteiger partial charge is 0.573 e. The van der Waals surface area contributed by atoms with E-state index in [1.807, 2.05) is 0 Å². The SMILES string of the molecule is Nc1ccc(-c2cccc(OC(F)(F)F)c2)cc1C(F)(F)F. The van der Waals surface area contributed by atoms with Crippen molar-refractivity contribution in [1.82, 2.24) is 0 Å². The Hall–Kier alpha value is -2.38. The Morgan fingerprint density at radius 2 is 1.45 bits per heavy atom. The molecule has 8 heteroatoms. The molecule has 2 rings (SSSR count). The maximum Gasteiger partial charge on any atom is 0.573 e. The Morgan fingerprint density at radius 3 is 2.05 bits per heavy atom. The first-order valence-electron chi connectivity index (χ1n) is 5.89. The zero-order chi connectivity index (χ0) is 16.5. The summed E-state index contributed by atoms with van der Waals surface area (Å²) in [7, 11) is 0. The summed E-state index contributed by atoms with van der Waals surface area (Å²) in [5.74, 6) is -0.518. The lowest BCUT2D eigenvalue weighted by molar-refractivity contribution is -0.274. The van der Waals surface area contributed by atoms with Gasteiger partial charge in [-0.15, -0.1) is 13.2 Å².